The van der Waals surface area contributed by atoms with Crippen molar-refractivity contribution in [3.63, 3.8) is 0 Å². The quantitative estimate of drug-likeness (QED) is 0.482. The molecule has 0 saturated carbocycles. The van der Waals surface area contributed by atoms with E-state index in [0.29, 0.717) is 0 Å². The molecule has 0 rings (SSSR count). The Morgan fingerprint density at radius 2 is 1.21 bits per heavy atom. The summed E-state index contributed by atoms with van der Waals surface area (Å²) in [4.78, 5) is 2.53. The van der Waals surface area contributed by atoms with Gasteiger partial charge in [0.1, 0.15) is 0 Å². The summed E-state index contributed by atoms with van der Waals surface area (Å²) in [5.74, 6) is 0. The number of unbranched alkanes of at least 4 members (excludes halogenated alkanes) is 3. The van der Waals surface area contributed by atoms with Gasteiger partial charge < -0.3 is 0 Å². The van der Waals surface area contributed by atoms with E-state index in [0.717, 1.165) is 0 Å². The van der Waals surface area contributed by atoms with Crippen LogP contribution in [0.5, 0.6) is 0 Å². The van der Waals surface area contributed by atoms with Crippen LogP contribution in [0, 0.1) is 0 Å². The van der Waals surface area contributed by atoms with Crippen LogP contribution < -0.4 is 0 Å². The molecule has 0 radical (unpaired) electrons. The molecule has 0 aliphatic carbocycles. The van der Waals surface area contributed by atoms with Gasteiger partial charge in [-0.15, -0.1) is 0 Å². The minimum atomic E-state index is -1.88. The molecule has 1 N–H and O–H groups in total. The molecule has 0 aromatic heterocycles. The van der Waals surface area contributed by atoms with Crippen molar-refractivity contribution in [2.75, 3.05) is 0 Å². The maximum atomic E-state index is 10.0. The van der Waals surface area contributed by atoms with Crippen molar-refractivity contribution in [1.29, 1.82) is 0 Å². The number of rotatable bonds is 11. The van der Waals surface area contributed by atoms with E-state index in [2.05, 4.69) is 31.8 Å². The van der Waals surface area contributed by atoms with Crippen LogP contribution in [-0.2, 0) is 0 Å². The van der Waals surface area contributed by atoms with Crippen LogP contribution in [0.1, 0.15) is 73.1 Å². The molecule has 0 aromatic carbocycles. The molecule has 0 aromatic rings. The third-order valence-corrected chi connectivity index (χ3v) is 14.3. The molecule has 0 fully saturated rings. The summed E-state index contributed by atoms with van der Waals surface area (Å²) in [7, 11) is 0. The molecule has 114 valence electrons. The molecule has 0 spiro atoms. The van der Waals surface area contributed by atoms with Gasteiger partial charge in [0.15, 0.2) is 0 Å². The first-order chi connectivity index (χ1) is 8.89. The first kappa shape index (κ1) is 19.2. The summed E-state index contributed by atoms with van der Waals surface area (Å²) in [6.07, 6.45) is 10.2. The van der Waals surface area contributed by atoms with E-state index >= 15 is 0 Å². The summed E-state index contributed by atoms with van der Waals surface area (Å²) in [5, 5.41) is 14.4. The van der Waals surface area contributed by atoms with Crippen molar-refractivity contribution in [2.24, 2.45) is 0 Å². The van der Waals surface area contributed by atoms with Crippen LogP contribution in [0.15, 0.2) is 11.0 Å². The predicted molar refractivity (Wildman–Crippen MR) is 90.3 cm³/mol. The molecule has 0 bridgehead atoms. The van der Waals surface area contributed by atoms with Crippen LogP contribution in [0.25, 0.3) is 0 Å². The van der Waals surface area contributed by atoms with Gasteiger partial charge in [-0.25, -0.2) is 0 Å². The zero-order valence-corrected chi connectivity index (χ0v) is 16.1. The molecule has 0 aliphatic heterocycles. The normalized spacial score (nSPS) is 13.4. The van der Waals surface area contributed by atoms with E-state index in [9.17, 15) is 5.11 Å². The van der Waals surface area contributed by atoms with Crippen LogP contribution >= 0.6 is 0 Å². The second-order valence-corrected chi connectivity index (χ2v) is 16.2. The van der Waals surface area contributed by atoms with Gasteiger partial charge in [0.05, 0.1) is 0 Å². The number of hydrogen-bond acceptors (Lipinski definition) is 1. The summed E-state index contributed by atoms with van der Waals surface area (Å²) < 4.78 is 0. The first-order valence-electron chi connectivity index (χ1n) is 8.32. The molecule has 0 atom stereocenters. The average molecular weight is 329 g/mol. The van der Waals surface area contributed by atoms with Crippen LogP contribution in [0.2, 0.25) is 15.8 Å². The molecule has 1 nitrogen and oxygen atoms in total. The summed E-state index contributed by atoms with van der Waals surface area (Å²) >= 11 is -1.88. The van der Waals surface area contributed by atoms with E-state index in [4.69, 9.17) is 0 Å². The molecule has 19 heavy (non-hydrogen) atoms. The van der Waals surface area contributed by atoms with Crippen LogP contribution in [0.3, 0.4) is 0 Å². The van der Waals surface area contributed by atoms with Crippen molar-refractivity contribution in [3.05, 3.63) is 11.0 Å². The fraction of sp³-hybridized carbons (Fsp3) is 0.882. The number of aliphatic hydroxyl groups is 1. The minimum absolute atomic E-state index is 0.638. The van der Waals surface area contributed by atoms with Crippen LogP contribution in [-0.4, -0.2) is 24.0 Å². The van der Waals surface area contributed by atoms with Crippen molar-refractivity contribution in [2.45, 2.75) is 94.5 Å². The Balaban J connectivity index is 4.91. The van der Waals surface area contributed by atoms with E-state index in [1.165, 1.54) is 54.3 Å². The second-order valence-electron chi connectivity index (χ2n) is 6.66. The average Bonchev–Trinajstić information content (AvgIpc) is 2.36. The molecular weight excluding hydrogens is 293 g/mol. The van der Waals surface area contributed by atoms with Crippen molar-refractivity contribution < 1.29 is 5.11 Å². The van der Waals surface area contributed by atoms with Gasteiger partial charge in [-0.2, -0.15) is 0 Å². The summed E-state index contributed by atoms with van der Waals surface area (Å²) in [5.41, 5.74) is -0.638. The fourth-order valence-corrected chi connectivity index (χ4v) is 13.5. The van der Waals surface area contributed by atoms with Crippen molar-refractivity contribution in [3.8, 4) is 0 Å². The molecule has 0 saturated heterocycles. The zero-order valence-electron chi connectivity index (χ0n) is 14.0. The summed E-state index contributed by atoms with van der Waals surface area (Å²) in [6.45, 7) is 10.7. The Morgan fingerprint density at radius 3 is 1.47 bits per heavy atom. The van der Waals surface area contributed by atoms with Crippen LogP contribution in [0.4, 0.5) is 0 Å². The van der Waals surface area contributed by atoms with Crippen molar-refractivity contribution in [1.82, 2.24) is 0 Å². The standard InChI is InChI=1S/C17H36GeO/c1-6-9-13-18(14-10-7-2,15-11-8-3)16-12-17(4,5)19/h12,16,19H,6-11,13-15H2,1-5H3/b16-12-. The topological polar surface area (TPSA) is 20.2 Å². The monoisotopic (exact) mass is 330 g/mol. The molecule has 2 heteroatoms. The Kier molecular flexibility index (Phi) is 10.2. The third kappa shape index (κ3) is 9.73. The van der Waals surface area contributed by atoms with Gasteiger partial charge in [-0.05, 0) is 0 Å². The third-order valence-electron chi connectivity index (χ3n) is 3.93. The molecule has 0 amide bonds. The first-order valence-corrected chi connectivity index (χ1v) is 14.0. The van der Waals surface area contributed by atoms with Gasteiger partial charge in [0.2, 0.25) is 0 Å². The van der Waals surface area contributed by atoms with Crippen molar-refractivity contribution >= 4 is 13.3 Å². The predicted octanol–water partition coefficient (Wildman–Crippen LogP) is 5.70. The Bertz CT molecular complexity index is 218. The van der Waals surface area contributed by atoms with E-state index in [1.54, 1.807) is 0 Å². The summed E-state index contributed by atoms with van der Waals surface area (Å²) in [6, 6.07) is 0. The molecule has 0 unspecified atom stereocenters. The Labute approximate surface area is 124 Å². The SMILES string of the molecule is CCC[CH2][Ge](/[CH]=C\C(C)(C)O)([CH2]CCC)[CH2]CCC. The Morgan fingerprint density at radius 1 is 0.842 bits per heavy atom. The Hall–Kier alpha value is 0.243. The molecule has 0 aliphatic rings. The van der Waals surface area contributed by atoms with E-state index < -0.39 is 18.9 Å². The molecule has 0 heterocycles. The molecular formula is C17H36GeO. The van der Waals surface area contributed by atoms with Gasteiger partial charge in [-0.1, -0.05) is 0 Å². The number of hydrogen-bond donors (Lipinski definition) is 1. The van der Waals surface area contributed by atoms with E-state index in [1.807, 2.05) is 13.8 Å². The van der Waals surface area contributed by atoms with Gasteiger partial charge in [0.25, 0.3) is 0 Å². The van der Waals surface area contributed by atoms with E-state index in [-0.39, 0.29) is 0 Å². The van der Waals surface area contributed by atoms with Gasteiger partial charge >= 0.3 is 124 Å². The van der Waals surface area contributed by atoms with Gasteiger partial charge in [0, 0.05) is 0 Å². The van der Waals surface area contributed by atoms with Gasteiger partial charge in [-0.3, -0.25) is 0 Å². The maximum absolute atomic E-state index is 10.0. The second kappa shape index (κ2) is 10.0. The zero-order chi connectivity index (χ0) is 14.8. The fourth-order valence-electron chi connectivity index (χ4n) is 2.59.